The molecule has 1 fully saturated rings. The van der Waals surface area contributed by atoms with Gasteiger partial charge in [0, 0.05) is 12.0 Å². The lowest BCUT2D eigenvalue weighted by molar-refractivity contribution is 0.271. The molecule has 0 aromatic carbocycles. The molecule has 1 heterocycles. The normalized spacial score (nSPS) is 23.9. The molecule has 0 aliphatic carbocycles. The summed E-state index contributed by atoms with van der Waals surface area (Å²) in [4.78, 5) is 2.49. The smallest absolute Gasteiger partial charge is 0.144 e. The average Bonchev–Trinajstić information content (AvgIpc) is 2.73. The Morgan fingerprint density at radius 3 is 2.75 bits per heavy atom. The van der Waals surface area contributed by atoms with E-state index in [4.69, 9.17) is 10.9 Å². The highest BCUT2D eigenvalue weighted by Crippen LogP contribution is 2.24. The van der Waals surface area contributed by atoms with E-state index in [1.165, 1.54) is 25.9 Å². The van der Waals surface area contributed by atoms with Crippen LogP contribution in [0.25, 0.3) is 0 Å². The first-order valence-electron chi connectivity index (χ1n) is 6.20. The monoisotopic (exact) mass is 227 g/mol. The van der Waals surface area contributed by atoms with Crippen LogP contribution in [-0.4, -0.2) is 35.6 Å². The first kappa shape index (κ1) is 13.3. The van der Waals surface area contributed by atoms with Gasteiger partial charge in [-0.3, -0.25) is 0 Å². The Bertz CT molecular complexity index is 251. The number of hydrogen-bond donors (Lipinski definition) is 2. The van der Waals surface area contributed by atoms with Crippen LogP contribution in [0.15, 0.2) is 5.16 Å². The van der Waals surface area contributed by atoms with Crippen LogP contribution < -0.4 is 5.73 Å². The van der Waals surface area contributed by atoms with Crippen molar-refractivity contribution in [3.8, 4) is 0 Å². The van der Waals surface area contributed by atoms with Crippen molar-refractivity contribution in [2.24, 2.45) is 22.2 Å². The Labute approximate surface area is 98.5 Å². The third-order valence-corrected chi connectivity index (χ3v) is 3.80. The summed E-state index contributed by atoms with van der Waals surface area (Å²) in [5.74, 6) is 1.20. The maximum Gasteiger partial charge on any atom is 0.144 e. The summed E-state index contributed by atoms with van der Waals surface area (Å²) < 4.78 is 0. The van der Waals surface area contributed by atoms with Gasteiger partial charge in [-0.1, -0.05) is 32.3 Å². The summed E-state index contributed by atoms with van der Waals surface area (Å²) in [6, 6.07) is 0. The summed E-state index contributed by atoms with van der Waals surface area (Å²) in [7, 11) is 0. The molecular weight excluding hydrogens is 202 g/mol. The SMILES string of the molecule is CCC1CCN(CCC(C)(C)C(N)=NO)C1. The lowest BCUT2D eigenvalue weighted by Crippen LogP contribution is -2.35. The lowest BCUT2D eigenvalue weighted by atomic mass is 9.88. The van der Waals surface area contributed by atoms with Crippen LogP contribution in [0, 0.1) is 11.3 Å². The van der Waals surface area contributed by atoms with E-state index >= 15 is 0 Å². The predicted molar refractivity (Wildman–Crippen MR) is 66.6 cm³/mol. The summed E-state index contributed by atoms with van der Waals surface area (Å²) in [6.07, 6.45) is 3.54. The van der Waals surface area contributed by atoms with E-state index < -0.39 is 0 Å². The van der Waals surface area contributed by atoms with Crippen molar-refractivity contribution in [1.29, 1.82) is 0 Å². The first-order valence-corrected chi connectivity index (χ1v) is 6.20. The molecule has 0 saturated carbocycles. The van der Waals surface area contributed by atoms with Crippen LogP contribution in [0.4, 0.5) is 0 Å². The minimum atomic E-state index is -0.209. The van der Waals surface area contributed by atoms with Gasteiger partial charge in [-0.15, -0.1) is 0 Å². The molecule has 1 aliphatic heterocycles. The first-order chi connectivity index (χ1) is 7.49. The number of nitrogens with zero attached hydrogens (tertiary/aromatic N) is 2. The van der Waals surface area contributed by atoms with Crippen molar-refractivity contribution in [3.05, 3.63) is 0 Å². The van der Waals surface area contributed by atoms with E-state index in [1.54, 1.807) is 0 Å². The molecule has 1 aliphatic rings. The standard InChI is InChI=1S/C12H25N3O/c1-4-10-5-7-15(9-10)8-6-12(2,3)11(13)14-16/h10,16H,4-9H2,1-3H3,(H2,13,14). The maximum absolute atomic E-state index is 8.69. The van der Waals surface area contributed by atoms with Crippen molar-refractivity contribution >= 4 is 5.84 Å². The molecule has 0 aromatic rings. The minimum Gasteiger partial charge on any atom is -0.409 e. The Balaban J connectivity index is 2.35. The van der Waals surface area contributed by atoms with Crippen molar-refractivity contribution in [2.45, 2.75) is 40.0 Å². The molecule has 0 amide bonds. The number of hydrogen-bond acceptors (Lipinski definition) is 3. The van der Waals surface area contributed by atoms with Gasteiger partial charge in [-0.05, 0) is 31.8 Å². The van der Waals surface area contributed by atoms with Gasteiger partial charge in [0.2, 0.25) is 0 Å². The molecule has 16 heavy (non-hydrogen) atoms. The molecule has 4 nitrogen and oxygen atoms in total. The van der Waals surface area contributed by atoms with Gasteiger partial charge in [0.15, 0.2) is 0 Å². The van der Waals surface area contributed by atoms with Gasteiger partial charge in [0.05, 0.1) is 0 Å². The third-order valence-electron chi connectivity index (χ3n) is 3.80. The van der Waals surface area contributed by atoms with E-state index in [1.807, 2.05) is 13.8 Å². The van der Waals surface area contributed by atoms with Crippen LogP contribution in [0.3, 0.4) is 0 Å². The highest BCUT2D eigenvalue weighted by atomic mass is 16.4. The summed E-state index contributed by atoms with van der Waals surface area (Å²) in [5, 5.41) is 11.8. The topological polar surface area (TPSA) is 61.8 Å². The number of amidine groups is 1. The van der Waals surface area contributed by atoms with Crippen molar-refractivity contribution in [3.63, 3.8) is 0 Å². The summed E-state index contributed by atoms with van der Waals surface area (Å²) in [6.45, 7) is 9.76. The molecule has 94 valence electrons. The lowest BCUT2D eigenvalue weighted by Gasteiger charge is -2.26. The second kappa shape index (κ2) is 5.53. The van der Waals surface area contributed by atoms with E-state index in [0.29, 0.717) is 5.84 Å². The number of nitrogens with two attached hydrogens (primary N) is 1. The van der Waals surface area contributed by atoms with Gasteiger partial charge in [0.1, 0.15) is 5.84 Å². The van der Waals surface area contributed by atoms with Gasteiger partial charge in [-0.25, -0.2) is 0 Å². The Hall–Kier alpha value is -0.770. The molecule has 1 unspecified atom stereocenters. The molecule has 0 bridgehead atoms. The van der Waals surface area contributed by atoms with Crippen molar-refractivity contribution in [1.82, 2.24) is 4.90 Å². The molecule has 1 saturated heterocycles. The van der Waals surface area contributed by atoms with E-state index in [2.05, 4.69) is 17.0 Å². The zero-order valence-corrected chi connectivity index (χ0v) is 10.7. The number of oxime groups is 1. The van der Waals surface area contributed by atoms with Crippen molar-refractivity contribution in [2.75, 3.05) is 19.6 Å². The summed E-state index contributed by atoms with van der Waals surface area (Å²) in [5.41, 5.74) is 5.46. The van der Waals surface area contributed by atoms with Gasteiger partial charge >= 0.3 is 0 Å². The second-order valence-corrected chi connectivity index (χ2v) is 5.48. The third kappa shape index (κ3) is 3.37. The van der Waals surface area contributed by atoms with Crippen LogP contribution in [0.1, 0.15) is 40.0 Å². The molecule has 1 rings (SSSR count). The molecule has 0 radical (unpaired) electrons. The molecule has 0 aromatic heterocycles. The minimum absolute atomic E-state index is 0.209. The fraction of sp³-hybridized carbons (Fsp3) is 0.917. The Morgan fingerprint density at radius 1 is 1.56 bits per heavy atom. The Morgan fingerprint density at radius 2 is 2.25 bits per heavy atom. The molecule has 0 spiro atoms. The highest BCUT2D eigenvalue weighted by molar-refractivity contribution is 5.85. The zero-order valence-electron chi connectivity index (χ0n) is 10.7. The second-order valence-electron chi connectivity index (χ2n) is 5.48. The van der Waals surface area contributed by atoms with Crippen LogP contribution >= 0.6 is 0 Å². The Kier molecular flexibility index (Phi) is 4.59. The summed E-state index contributed by atoms with van der Waals surface area (Å²) >= 11 is 0. The largest absolute Gasteiger partial charge is 0.409 e. The average molecular weight is 227 g/mol. The molecular formula is C12H25N3O. The fourth-order valence-corrected chi connectivity index (χ4v) is 2.15. The molecule has 4 heteroatoms. The van der Waals surface area contributed by atoms with Gasteiger partial charge in [-0.2, -0.15) is 0 Å². The maximum atomic E-state index is 8.69. The molecule has 1 atom stereocenters. The van der Waals surface area contributed by atoms with Crippen LogP contribution in [-0.2, 0) is 0 Å². The van der Waals surface area contributed by atoms with Crippen LogP contribution in [0.5, 0.6) is 0 Å². The zero-order chi connectivity index (χ0) is 12.2. The van der Waals surface area contributed by atoms with Gasteiger partial charge < -0.3 is 15.8 Å². The van der Waals surface area contributed by atoms with E-state index in [-0.39, 0.29) is 5.41 Å². The highest BCUT2D eigenvalue weighted by Gasteiger charge is 2.27. The quantitative estimate of drug-likeness (QED) is 0.326. The van der Waals surface area contributed by atoms with Crippen LogP contribution in [0.2, 0.25) is 0 Å². The molecule has 3 N–H and O–H groups in total. The number of rotatable bonds is 5. The number of likely N-dealkylation sites (tertiary alicyclic amines) is 1. The predicted octanol–water partition coefficient (Wildman–Crippen LogP) is 1.88. The van der Waals surface area contributed by atoms with E-state index in [0.717, 1.165) is 18.9 Å². The fourth-order valence-electron chi connectivity index (χ4n) is 2.15. The van der Waals surface area contributed by atoms with Crippen molar-refractivity contribution < 1.29 is 5.21 Å². The van der Waals surface area contributed by atoms with Gasteiger partial charge in [0.25, 0.3) is 0 Å². The van der Waals surface area contributed by atoms with E-state index in [9.17, 15) is 0 Å².